The largest absolute Gasteiger partial charge is 0.295 e. The standard InChI is InChI=1S/C2H2O2.Fe/c3-1-2-4;/h1-2H;. The molecular weight excluding hydrogens is 112 g/mol. The van der Waals surface area contributed by atoms with Gasteiger partial charge in [0.25, 0.3) is 0 Å². The van der Waals surface area contributed by atoms with Crippen LogP contribution < -0.4 is 0 Å². The summed E-state index contributed by atoms with van der Waals surface area (Å²) in [6, 6.07) is 0. The molecule has 0 saturated heterocycles. The van der Waals surface area contributed by atoms with Crippen LogP contribution in [0.3, 0.4) is 0 Å². The molecular formula is C2H2FeO2. The average Bonchev–Trinajstić information content (AvgIpc) is 1.37. The molecule has 0 fully saturated rings. The van der Waals surface area contributed by atoms with E-state index < -0.39 is 0 Å². The molecule has 0 saturated carbocycles. The second kappa shape index (κ2) is 9.13. The van der Waals surface area contributed by atoms with Crippen LogP contribution >= 0.6 is 0 Å². The molecule has 0 heterocycles. The summed E-state index contributed by atoms with van der Waals surface area (Å²) in [6.45, 7) is 0. The van der Waals surface area contributed by atoms with E-state index in [1.54, 1.807) is 0 Å². The van der Waals surface area contributed by atoms with Crippen LogP contribution in [-0.2, 0) is 26.7 Å². The predicted molar refractivity (Wildman–Crippen MR) is 12.1 cm³/mol. The molecule has 0 amide bonds. The Morgan fingerprint density at radius 1 is 1.00 bits per heavy atom. The van der Waals surface area contributed by atoms with Gasteiger partial charge >= 0.3 is 0 Å². The fraction of sp³-hybridized carbons (Fsp3) is 0. The number of carbonyl (C=O) groups is 2. The van der Waals surface area contributed by atoms with E-state index in [2.05, 4.69) is 0 Å². The van der Waals surface area contributed by atoms with Crippen LogP contribution in [-0.4, -0.2) is 12.6 Å². The Hall–Kier alpha value is -0.141. The predicted octanol–water partition coefficient (Wildman–Crippen LogP) is -0.618. The summed E-state index contributed by atoms with van der Waals surface area (Å²) in [4.78, 5) is 17.6. The average molecular weight is 114 g/mol. The number of hydrogen-bond acceptors (Lipinski definition) is 2. The zero-order chi connectivity index (χ0) is 3.41. The quantitative estimate of drug-likeness (QED) is 0.258. The Morgan fingerprint density at radius 2 is 1.20 bits per heavy atom. The molecule has 0 N–H and O–H groups in total. The maximum atomic E-state index is 8.81. The number of hydrogen-bond donors (Lipinski definition) is 0. The van der Waals surface area contributed by atoms with E-state index in [4.69, 9.17) is 9.59 Å². The first-order chi connectivity index (χ1) is 1.91. The Balaban J connectivity index is 0. The van der Waals surface area contributed by atoms with Gasteiger partial charge in [-0.2, -0.15) is 0 Å². The molecule has 0 aromatic carbocycles. The first-order valence-electron chi connectivity index (χ1n) is 0.805. The Kier molecular flexibility index (Phi) is 16.2. The van der Waals surface area contributed by atoms with Crippen LogP contribution in [0.5, 0.6) is 0 Å². The second-order valence-electron chi connectivity index (χ2n) is 0.272. The molecule has 0 spiro atoms. The van der Waals surface area contributed by atoms with Crippen molar-refractivity contribution in [3.8, 4) is 0 Å². The number of rotatable bonds is 1. The summed E-state index contributed by atoms with van der Waals surface area (Å²) in [6.07, 6.45) is 0.389. The van der Waals surface area contributed by atoms with Crippen molar-refractivity contribution in [2.45, 2.75) is 0 Å². The summed E-state index contributed by atoms with van der Waals surface area (Å²) in [5.41, 5.74) is 0. The van der Waals surface area contributed by atoms with Gasteiger partial charge in [0.05, 0.1) is 0 Å². The van der Waals surface area contributed by atoms with Crippen molar-refractivity contribution in [3.05, 3.63) is 0 Å². The molecule has 0 aromatic heterocycles. The van der Waals surface area contributed by atoms with Crippen molar-refractivity contribution in [2.24, 2.45) is 0 Å². The van der Waals surface area contributed by atoms with Gasteiger partial charge in [-0.05, 0) is 0 Å². The van der Waals surface area contributed by atoms with Crippen molar-refractivity contribution >= 4 is 12.6 Å². The van der Waals surface area contributed by atoms with Gasteiger partial charge in [0.15, 0.2) is 12.6 Å². The van der Waals surface area contributed by atoms with Gasteiger partial charge in [-0.25, -0.2) is 0 Å². The molecule has 0 radical (unpaired) electrons. The van der Waals surface area contributed by atoms with Crippen LogP contribution in [0, 0.1) is 0 Å². The maximum Gasteiger partial charge on any atom is 0.182 e. The topological polar surface area (TPSA) is 34.1 Å². The third kappa shape index (κ3) is 18.1. The normalized spacial score (nSPS) is 4.00. The van der Waals surface area contributed by atoms with E-state index in [1.165, 1.54) is 0 Å². The molecule has 5 heavy (non-hydrogen) atoms. The van der Waals surface area contributed by atoms with Crippen LogP contribution in [0.4, 0.5) is 0 Å². The zero-order valence-electron chi connectivity index (χ0n) is 2.32. The third-order valence-electron chi connectivity index (χ3n) is 0.0556. The second-order valence-corrected chi connectivity index (χ2v) is 0.272. The molecule has 0 aliphatic carbocycles. The smallest absolute Gasteiger partial charge is 0.182 e. The number of carbonyl (C=O) groups excluding carboxylic acids is 2. The molecule has 0 unspecified atom stereocenters. The zero-order valence-corrected chi connectivity index (χ0v) is 3.43. The van der Waals surface area contributed by atoms with E-state index in [0.29, 0.717) is 0 Å². The van der Waals surface area contributed by atoms with Crippen molar-refractivity contribution < 1.29 is 26.7 Å². The van der Waals surface area contributed by atoms with Gasteiger partial charge in [-0.15, -0.1) is 0 Å². The van der Waals surface area contributed by atoms with Crippen LogP contribution in [0.15, 0.2) is 0 Å². The fourth-order valence-corrected chi connectivity index (χ4v) is 0. The minimum absolute atomic E-state index is 0. The van der Waals surface area contributed by atoms with Crippen molar-refractivity contribution in [1.82, 2.24) is 0 Å². The summed E-state index contributed by atoms with van der Waals surface area (Å²) in [7, 11) is 0. The van der Waals surface area contributed by atoms with Crippen LogP contribution in [0.1, 0.15) is 0 Å². The van der Waals surface area contributed by atoms with E-state index in [9.17, 15) is 0 Å². The summed E-state index contributed by atoms with van der Waals surface area (Å²) < 4.78 is 0. The maximum absolute atomic E-state index is 8.81. The van der Waals surface area contributed by atoms with Gasteiger partial charge in [-0.3, -0.25) is 9.59 Å². The molecule has 0 aliphatic heterocycles. The molecule has 0 bridgehead atoms. The molecule has 0 rings (SSSR count). The van der Waals surface area contributed by atoms with Gasteiger partial charge in [-0.1, -0.05) is 0 Å². The monoisotopic (exact) mass is 114 g/mol. The first kappa shape index (κ1) is 8.85. The Bertz CT molecular complexity index is 28.6. The van der Waals surface area contributed by atoms with Crippen LogP contribution in [0.2, 0.25) is 0 Å². The Morgan fingerprint density at radius 3 is 1.20 bits per heavy atom. The number of aldehydes is 2. The molecule has 30 valence electrons. The summed E-state index contributed by atoms with van der Waals surface area (Å²) >= 11 is 0. The minimum atomic E-state index is 0. The fourth-order valence-electron chi connectivity index (χ4n) is 0. The molecule has 0 atom stereocenters. The minimum Gasteiger partial charge on any atom is -0.295 e. The summed E-state index contributed by atoms with van der Waals surface area (Å²) in [5.74, 6) is 0. The molecule has 0 aliphatic rings. The van der Waals surface area contributed by atoms with Gasteiger partial charge in [0.1, 0.15) is 0 Å². The van der Waals surface area contributed by atoms with Gasteiger partial charge in [0.2, 0.25) is 0 Å². The van der Waals surface area contributed by atoms with Gasteiger partial charge in [0, 0.05) is 17.1 Å². The molecule has 3 heteroatoms. The van der Waals surface area contributed by atoms with E-state index in [1.807, 2.05) is 0 Å². The Labute approximate surface area is 40.0 Å². The SMILES string of the molecule is O=CC=O.[Fe]. The third-order valence-corrected chi connectivity index (χ3v) is 0.0556. The van der Waals surface area contributed by atoms with Gasteiger partial charge < -0.3 is 0 Å². The van der Waals surface area contributed by atoms with E-state index in [0.717, 1.165) is 0 Å². The van der Waals surface area contributed by atoms with E-state index in [-0.39, 0.29) is 29.6 Å². The van der Waals surface area contributed by atoms with Crippen LogP contribution in [0.25, 0.3) is 0 Å². The summed E-state index contributed by atoms with van der Waals surface area (Å²) in [5, 5.41) is 0. The van der Waals surface area contributed by atoms with E-state index >= 15 is 0 Å². The molecule has 0 aromatic rings. The van der Waals surface area contributed by atoms with Crippen molar-refractivity contribution in [1.29, 1.82) is 0 Å². The first-order valence-corrected chi connectivity index (χ1v) is 0.805. The van der Waals surface area contributed by atoms with Crippen molar-refractivity contribution in [2.75, 3.05) is 0 Å². The molecule has 2 nitrogen and oxygen atoms in total. The van der Waals surface area contributed by atoms with Crippen molar-refractivity contribution in [3.63, 3.8) is 0 Å².